The number of hydrogen-bond donors (Lipinski definition) is 3. The van der Waals surface area contributed by atoms with Gasteiger partial charge in [-0.05, 0) is 24.8 Å². The van der Waals surface area contributed by atoms with Gasteiger partial charge in [-0.3, -0.25) is 9.59 Å². The molecule has 1 heterocycles. The molecule has 7 heteroatoms. The van der Waals surface area contributed by atoms with Gasteiger partial charge in [0.1, 0.15) is 5.54 Å². The largest absolute Gasteiger partial charge is 0.480 e. The van der Waals surface area contributed by atoms with E-state index in [9.17, 15) is 14.4 Å². The predicted octanol–water partition coefficient (Wildman–Crippen LogP) is 1.24. The predicted molar refractivity (Wildman–Crippen MR) is 75.7 cm³/mol. The average Bonchev–Trinajstić information content (AvgIpc) is 2.92. The fraction of sp³-hybridized carbons (Fsp3) is 0.462. The zero-order valence-corrected chi connectivity index (χ0v) is 12.3. The van der Waals surface area contributed by atoms with E-state index in [0.717, 1.165) is 0 Å². The van der Waals surface area contributed by atoms with Crippen LogP contribution < -0.4 is 10.6 Å². The van der Waals surface area contributed by atoms with E-state index < -0.39 is 17.4 Å². The van der Waals surface area contributed by atoms with Crippen LogP contribution in [0.15, 0.2) is 17.5 Å². The molecule has 0 aliphatic heterocycles. The maximum atomic E-state index is 11.7. The summed E-state index contributed by atoms with van der Waals surface area (Å²) in [6.07, 6.45) is 0.329. The van der Waals surface area contributed by atoms with Crippen molar-refractivity contribution in [2.75, 3.05) is 6.54 Å². The van der Waals surface area contributed by atoms with Crippen molar-refractivity contribution in [2.24, 2.45) is 0 Å². The van der Waals surface area contributed by atoms with Crippen molar-refractivity contribution in [1.82, 2.24) is 10.6 Å². The molecule has 0 aliphatic carbocycles. The number of carbonyl (C=O) groups excluding carboxylic acids is 2. The lowest BCUT2D eigenvalue weighted by atomic mass is 9.99. The fourth-order valence-electron chi connectivity index (χ4n) is 1.45. The summed E-state index contributed by atoms with van der Waals surface area (Å²) >= 11 is 1.32. The Labute approximate surface area is 121 Å². The molecule has 110 valence electrons. The minimum absolute atomic E-state index is 0.0417. The van der Waals surface area contributed by atoms with Crippen LogP contribution in [0.5, 0.6) is 0 Å². The topological polar surface area (TPSA) is 95.5 Å². The molecule has 0 bridgehead atoms. The Hall–Kier alpha value is -1.89. The molecule has 0 radical (unpaired) electrons. The summed E-state index contributed by atoms with van der Waals surface area (Å²) in [4.78, 5) is 34.9. The highest BCUT2D eigenvalue weighted by atomic mass is 32.1. The van der Waals surface area contributed by atoms with E-state index in [0.29, 0.717) is 4.88 Å². The number of thiophene rings is 1. The first-order valence-electron chi connectivity index (χ1n) is 6.25. The van der Waals surface area contributed by atoms with E-state index in [1.54, 1.807) is 24.4 Å². The third-order valence-electron chi connectivity index (χ3n) is 2.98. The first-order valence-corrected chi connectivity index (χ1v) is 7.13. The molecule has 1 unspecified atom stereocenters. The lowest BCUT2D eigenvalue weighted by molar-refractivity contribution is -0.147. The van der Waals surface area contributed by atoms with Crippen LogP contribution in [0, 0.1) is 0 Å². The quantitative estimate of drug-likeness (QED) is 0.705. The summed E-state index contributed by atoms with van der Waals surface area (Å²) < 4.78 is 0. The highest BCUT2D eigenvalue weighted by molar-refractivity contribution is 7.12. The van der Waals surface area contributed by atoms with Gasteiger partial charge in [0.05, 0.1) is 4.88 Å². The molecule has 3 N–H and O–H groups in total. The van der Waals surface area contributed by atoms with E-state index >= 15 is 0 Å². The van der Waals surface area contributed by atoms with Gasteiger partial charge < -0.3 is 15.7 Å². The van der Waals surface area contributed by atoms with Crippen LogP contribution in [-0.2, 0) is 9.59 Å². The van der Waals surface area contributed by atoms with Crippen molar-refractivity contribution >= 4 is 29.1 Å². The Kier molecular flexibility index (Phi) is 5.69. The summed E-state index contributed by atoms with van der Waals surface area (Å²) in [5, 5.41) is 15.9. The molecular weight excluding hydrogens is 280 g/mol. The normalized spacial score (nSPS) is 13.3. The molecule has 0 aromatic carbocycles. The molecule has 0 spiro atoms. The average molecular weight is 298 g/mol. The molecule has 1 aromatic rings. The number of hydrogen-bond acceptors (Lipinski definition) is 4. The summed E-state index contributed by atoms with van der Waals surface area (Å²) in [7, 11) is 0. The van der Waals surface area contributed by atoms with Crippen LogP contribution in [0.4, 0.5) is 0 Å². The van der Waals surface area contributed by atoms with Crippen molar-refractivity contribution in [1.29, 1.82) is 0 Å². The van der Waals surface area contributed by atoms with Gasteiger partial charge in [-0.15, -0.1) is 11.3 Å². The van der Waals surface area contributed by atoms with Crippen LogP contribution in [0.1, 0.15) is 36.4 Å². The second-order valence-electron chi connectivity index (χ2n) is 4.52. The molecule has 0 fully saturated rings. The maximum absolute atomic E-state index is 11.7. The minimum atomic E-state index is -1.27. The van der Waals surface area contributed by atoms with Crippen molar-refractivity contribution in [3.05, 3.63) is 22.4 Å². The first-order chi connectivity index (χ1) is 9.39. The molecular formula is C13H18N2O4S. The Morgan fingerprint density at radius 3 is 2.60 bits per heavy atom. The number of carboxylic acids is 1. The Balaban J connectivity index is 2.37. The monoisotopic (exact) mass is 298 g/mol. The molecule has 2 amide bonds. The van der Waals surface area contributed by atoms with Gasteiger partial charge in [0.25, 0.3) is 5.91 Å². The highest BCUT2D eigenvalue weighted by Gasteiger charge is 2.32. The van der Waals surface area contributed by atoms with Crippen molar-refractivity contribution in [3.8, 4) is 0 Å². The molecule has 6 nitrogen and oxygen atoms in total. The van der Waals surface area contributed by atoms with Gasteiger partial charge in [0.15, 0.2) is 0 Å². The minimum Gasteiger partial charge on any atom is -0.480 e. The van der Waals surface area contributed by atoms with Gasteiger partial charge in [0, 0.05) is 13.0 Å². The number of rotatable bonds is 7. The van der Waals surface area contributed by atoms with Crippen LogP contribution in [0.3, 0.4) is 0 Å². The molecule has 1 atom stereocenters. The molecule has 1 rings (SSSR count). The number of amides is 2. The number of aliphatic carboxylic acids is 1. The van der Waals surface area contributed by atoms with Gasteiger partial charge in [0.2, 0.25) is 5.91 Å². The van der Waals surface area contributed by atoms with E-state index in [1.165, 1.54) is 18.3 Å². The standard InChI is InChI=1S/C13H18N2O4S/c1-3-13(2,12(18)19)15-10(16)6-7-14-11(17)9-5-4-8-20-9/h4-5,8H,3,6-7H2,1-2H3,(H,14,17)(H,15,16)(H,18,19). The number of carboxylic acid groups (broad SMARTS) is 1. The molecule has 0 saturated heterocycles. The Bertz CT molecular complexity index is 487. The third kappa shape index (κ3) is 4.34. The van der Waals surface area contributed by atoms with Crippen LogP contribution in [0.2, 0.25) is 0 Å². The molecule has 0 aliphatic rings. The summed E-state index contributed by atoms with van der Waals surface area (Å²) in [5.41, 5.74) is -1.27. The van der Waals surface area contributed by atoms with E-state index in [1.807, 2.05) is 0 Å². The number of carbonyl (C=O) groups is 3. The summed E-state index contributed by atoms with van der Waals surface area (Å²) in [6.45, 7) is 3.31. The third-order valence-corrected chi connectivity index (χ3v) is 3.85. The summed E-state index contributed by atoms with van der Waals surface area (Å²) in [6, 6.07) is 3.46. The van der Waals surface area contributed by atoms with Gasteiger partial charge in [-0.2, -0.15) is 0 Å². The second-order valence-corrected chi connectivity index (χ2v) is 5.47. The van der Waals surface area contributed by atoms with E-state index in [2.05, 4.69) is 10.6 Å². The van der Waals surface area contributed by atoms with Crippen molar-refractivity contribution in [2.45, 2.75) is 32.2 Å². The zero-order valence-electron chi connectivity index (χ0n) is 11.4. The Morgan fingerprint density at radius 2 is 2.10 bits per heavy atom. The van der Waals surface area contributed by atoms with Gasteiger partial charge in [-0.1, -0.05) is 13.0 Å². The Morgan fingerprint density at radius 1 is 1.40 bits per heavy atom. The first kappa shape index (κ1) is 16.2. The molecule has 20 heavy (non-hydrogen) atoms. The van der Waals surface area contributed by atoms with E-state index in [-0.39, 0.29) is 25.3 Å². The second kappa shape index (κ2) is 7.04. The SMILES string of the molecule is CCC(C)(NC(=O)CCNC(=O)c1cccs1)C(=O)O. The summed E-state index contributed by atoms with van der Waals surface area (Å²) in [5.74, 6) is -1.71. The van der Waals surface area contributed by atoms with Crippen molar-refractivity contribution < 1.29 is 19.5 Å². The lowest BCUT2D eigenvalue weighted by Gasteiger charge is -2.24. The highest BCUT2D eigenvalue weighted by Crippen LogP contribution is 2.10. The smallest absolute Gasteiger partial charge is 0.329 e. The van der Waals surface area contributed by atoms with Crippen LogP contribution in [-0.4, -0.2) is 35.0 Å². The number of nitrogens with one attached hydrogen (secondary N) is 2. The zero-order chi connectivity index (χ0) is 15.2. The fourth-order valence-corrected chi connectivity index (χ4v) is 2.09. The van der Waals surface area contributed by atoms with Crippen LogP contribution >= 0.6 is 11.3 Å². The van der Waals surface area contributed by atoms with Gasteiger partial charge >= 0.3 is 5.97 Å². The van der Waals surface area contributed by atoms with Gasteiger partial charge in [-0.25, -0.2) is 4.79 Å². The molecule has 0 saturated carbocycles. The van der Waals surface area contributed by atoms with E-state index in [4.69, 9.17) is 5.11 Å². The van der Waals surface area contributed by atoms with Crippen molar-refractivity contribution in [3.63, 3.8) is 0 Å². The lowest BCUT2D eigenvalue weighted by Crippen LogP contribution is -2.52. The maximum Gasteiger partial charge on any atom is 0.329 e. The van der Waals surface area contributed by atoms with Crippen LogP contribution in [0.25, 0.3) is 0 Å². The molecule has 1 aromatic heterocycles.